The molecule has 0 unspecified atom stereocenters. The number of rotatable bonds is 6. The van der Waals surface area contributed by atoms with E-state index < -0.39 is 11.5 Å². The number of carbonyl (C=O) groups excluding carboxylic acids is 1. The number of nitrogens with one attached hydrogen (secondary N) is 1. The molecule has 6 heteroatoms. The van der Waals surface area contributed by atoms with Crippen LogP contribution >= 0.6 is 0 Å². The number of hydrogen-bond acceptors (Lipinski definition) is 3. The number of carboxylic acid groups (broad SMARTS) is 1. The second-order valence-corrected chi connectivity index (χ2v) is 5.00. The Morgan fingerprint density at radius 1 is 1.30 bits per heavy atom. The first-order chi connectivity index (χ1) is 9.49. The van der Waals surface area contributed by atoms with Crippen LogP contribution < -0.4 is 10.1 Å². The van der Waals surface area contributed by atoms with Crippen LogP contribution in [0, 0.1) is 5.82 Å². The highest BCUT2D eigenvalue weighted by Crippen LogP contribution is 2.34. The molecule has 0 aromatic heterocycles. The molecule has 1 aliphatic rings. The molecule has 0 atom stereocenters. The lowest BCUT2D eigenvalue weighted by Gasteiger charge is -2.41. The van der Waals surface area contributed by atoms with Crippen molar-refractivity contribution in [2.24, 2.45) is 0 Å². The van der Waals surface area contributed by atoms with E-state index in [0.717, 1.165) is 6.42 Å². The van der Waals surface area contributed by atoms with E-state index in [2.05, 4.69) is 5.32 Å². The van der Waals surface area contributed by atoms with E-state index in [1.165, 1.54) is 24.3 Å². The van der Waals surface area contributed by atoms with Gasteiger partial charge in [-0.3, -0.25) is 9.59 Å². The molecule has 1 amide bonds. The standard InChI is InChI=1S/C14H16FNO4/c15-10-2-4-11(5-3-10)20-9-12(17)16-14(6-1-7-14)8-13(18)19/h2-5H,1,6-9H2,(H,16,17)(H,18,19). The zero-order valence-electron chi connectivity index (χ0n) is 10.9. The summed E-state index contributed by atoms with van der Waals surface area (Å²) in [6.07, 6.45) is 2.17. The van der Waals surface area contributed by atoms with Crippen LogP contribution in [0.2, 0.25) is 0 Å². The monoisotopic (exact) mass is 281 g/mol. The highest BCUT2D eigenvalue weighted by atomic mass is 19.1. The molecule has 0 saturated heterocycles. The van der Waals surface area contributed by atoms with E-state index >= 15 is 0 Å². The Morgan fingerprint density at radius 2 is 1.95 bits per heavy atom. The van der Waals surface area contributed by atoms with E-state index in [1.807, 2.05) is 0 Å². The molecule has 1 aromatic rings. The second-order valence-electron chi connectivity index (χ2n) is 5.00. The van der Waals surface area contributed by atoms with Gasteiger partial charge in [0.1, 0.15) is 11.6 Å². The Balaban J connectivity index is 1.83. The van der Waals surface area contributed by atoms with Crippen LogP contribution in [-0.2, 0) is 9.59 Å². The normalized spacial score (nSPS) is 16.1. The van der Waals surface area contributed by atoms with Crippen molar-refractivity contribution in [2.45, 2.75) is 31.2 Å². The summed E-state index contributed by atoms with van der Waals surface area (Å²) in [6, 6.07) is 5.34. The molecule has 1 aromatic carbocycles. The summed E-state index contributed by atoms with van der Waals surface area (Å²) in [5.74, 6) is -1.28. The molecule has 1 aliphatic carbocycles. The van der Waals surface area contributed by atoms with Crippen molar-refractivity contribution in [3.8, 4) is 5.75 Å². The summed E-state index contributed by atoms with van der Waals surface area (Å²) in [4.78, 5) is 22.6. The average molecular weight is 281 g/mol. The summed E-state index contributed by atoms with van der Waals surface area (Å²) < 4.78 is 17.9. The Kier molecular flexibility index (Phi) is 4.22. The lowest BCUT2D eigenvalue weighted by atomic mass is 9.74. The Morgan fingerprint density at radius 3 is 2.45 bits per heavy atom. The molecule has 0 radical (unpaired) electrons. The molecule has 0 bridgehead atoms. The van der Waals surface area contributed by atoms with Crippen LogP contribution in [0.1, 0.15) is 25.7 Å². The minimum absolute atomic E-state index is 0.0741. The first-order valence-corrected chi connectivity index (χ1v) is 6.40. The van der Waals surface area contributed by atoms with Gasteiger partial charge in [-0.2, -0.15) is 0 Å². The minimum atomic E-state index is -0.926. The van der Waals surface area contributed by atoms with Gasteiger partial charge in [0.25, 0.3) is 5.91 Å². The first kappa shape index (κ1) is 14.3. The van der Waals surface area contributed by atoms with Gasteiger partial charge in [0, 0.05) is 0 Å². The average Bonchev–Trinajstić information content (AvgIpc) is 2.35. The van der Waals surface area contributed by atoms with Crippen LogP contribution in [0.15, 0.2) is 24.3 Å². The number of ether oxygens (including phenoxy) is 1. The van der Waals surface area contributed by atoms with Crippen LogP contribution in [0.25, 0.3) is 0 Å². The third-order valence-electron chi connectivity index (χ3n) is 3.39. The van der Waals surface area contributed by atoms with Gasteiger partial charge in [-0.05, 0) is 43.5 Å². The lowest BCUT2D eigenvalue weighted by molar-refractivity contribution is -0.140. The van der Waals surface area contributed by atoms with Gasteiger partial charge in [0.05, 0.1) is 12.0 Å². The maximum absolute atomic E-state index is 12.7. The fourth-order valence-corrected chi connectivity index (χ4v) is 2.25. The van der Waals surface area contributed by atoms with Crippen molar-refractivity contribution in [3.63, 3.8) is 0 Å². The van der Waals surface area contributed by atoms with E-state index in [9.17, 15) is 14.0 Å². The molecule has 1 fully saturated rings. The van der Waals surface area contributed by atoms with Crippen molar-refractivity contribution < 1.29 is 23.8 Å². The summed E-state index contributed by atoms with van der Waals surface area (Å²) in [7, 11) is 0. The van der Waals surface area contributed by atoms with Crippen LogP contribution in [0.3, 0.4) is 0 Å². The maximum atomic E-state index is 12.7. The molecule has 0 heterocycles. The Hall–Kier alpha value is -2.11. The molecule has 2 rings (SSSR count). The first-order valence-electron chi connectivity index (χ1n) is 6.40. The zero-order valence-corrected chi connectivity index (χ0v) is 10.9. The molecular formula is C14H16FNO4. The molecule has 2 N–H and O–H groups in total. The number of carboxylic acids is 1. The summed E-state index contributed by atoms with van der Waals surface area (Å²) in [6.45, 7) is -0.215. The van der Waals surface area contributed by atoms with Crippen molar-refractivity contribution in [1.29, 1.82) is 0 Å². The number of aliphatic carboxylic acids is 1. The number of halogens is 1. The molecule has 5 nitrogen and oxygen atoms in total. The SMILES string of the molecule is O=C(O)CC1(NC(=O)COc2ccc(F)cc2)CCC1. The number of hydrogen-bond donors (Lipinski definition) is 2. The highest BCUT2D eigenvalue weighted by molar-refractivity contribution is 5.80. The quantitative estimate of drug-likeness (QED) is 0.832. The summed E-state index contributed by atoms with van der Waals surface area (Å²) in [5.41, 5.74) is -0.630. The van der Waals surface area contributed by atoms with E-state index in [0.29, 0.717) is 18.6 Å². The fourth-order valence-electron chi connectivity index (χ4n) is 2.25. The predicted molar refractivity (Wildman–Crippen MR) is 68.9 cm³/mol. The molecule has 108 valence electrons. The van der Waals surface area contributed by atoms with Gasteiger partial charge in [0.15, 0.2) is 6.61 Å². The zero-order chi connectivity index (χ0) is 14.6. The topological polar surface area (TPSA) is 75.6 Å². The van der Waals surface area contributed by atoms with Gasteiger partial charge in [0.2, 0.25) is 0 Å². The van der Waals surface area contributed by atoms with E-state index in [4.69, 9.17) is 9.84 Å². The highest BCUT2D eigenvalue weighted by Gasteiger charge is 2.40. The number of benzene rings is 1. The van der Waals surface area contributed by atoms with Crippen LogP contribution in [0.5, 0.6) is 5.75 Å². The predicted octanol–water partition coefficient (Wildman–Crippen LogP) is 1.72. The summed E-state index contributed by atoms with van der Waals surface area (Å²) >= 11 is 0. The minimum Gasteiger partial charge on any atom is -0.484 e. The maximum Gasteiger partial charge on any atom is 0.305 e. The van der Waals surface area contributed by atoms with Crippen LogP contribution in [-0.4, -0.2) is 29.1 Å². The molecule has 1 saturated carbocycles. The number of carbonyl (C=O) groups is 2. The lowest BCUT2D eigenvalue weighted by Crippen LogP contribution is -2.55. The van der Waals surface area contributed by atoms with Crippen molar-refractivity contribution in [2.75, 3.05) is 6.61 Å². The smallest absolute Gasteiger partial charge is 0.305 e. The second kappa shape index (κ2) is 5.90. The third kappa shape index (κ3) is 3.69. The molecule has 0 spiro atoms. The largest absolute Gasteiger partial charge is 0.484 e. The Bertz CT molecular complexity index is 496. The molecular weight excluding hydrogens is 265 g/mol. The van der Waals surface area contributed by atoms with Gasteiger partial charge in [-0.1, -0.05) is 0 Å². The van der Waals surface area contributed by atoms with Gasteiger partial charge in [-0.15, -0.1) is 0 Å². The third-order valence-corrected chi connectivity index (χ3v) is 3.39. The molecule has 20 heavy (non-hydrogen) atoms. The Labute approximate surface area is 115 Å². The van der Waals surface area contributed by atoms with Gasteiger partial charge < -0.3 is 15.2 Å². The van der Waals surface area contributed by atoms with Crippen molar-refractivity contribution in [3.05, 3.63) is 30.1 Å². The van der Waals surface area contributed by atoms with Gasteiger partial charge >= 0.3 is 5.97 Å². The van der Waals surface area contributed by atoms with E-state index in [-0.39, 0.29) is 24.8 Å². The van der Waals surface area contributed by atoms with Crippen LogP contribution in [0.4, 0.5) is 4.39 Å². The fraction of sp³-hybridized carbons (Fsp3) is 0.429. The summed E-state index contributed by atoms with van der Waals surface area (Å²) in [5, 5.41) is 11.6. The van der Waals surface area contributed by atoms with Crippen molar-refractivity contribution in [1.82, 2.24) is 5.32 Å². The van der Waals surface area contributed by atoms with E-state index in [1.54, 1.807) is 0 Å². The van der Waals surface area contributed by atoms with Crippen molar-refractivity contribution >= 4 is 11.9 Å². The molecule has 0 aliphatic heterocycles. The van der Waals surface area contributed by atoms with Gasteiger partial charge in [-0.25, -0.2) is 4.39 Å². The number of amides is 1.